The van der Waals surface area contributed by atoms with Crippen LogP contribution >= 0.6 is 7.60 Å². The summed E-state index contributed by atoms with van der Waals surface area (Å²) in [6, 6.07) is 0. The minimum atomic E-state index is -5.56. The Balaban J connectivity index is 5.46. The Hall–Kier alpha value is -0.150. The van der Waals surface area contributed by atoms with Gasteiger partial charge in [-0.3, -0.25) is 8.75 Å². The van der Waals surface area contributed by atoms with Crippen LogP contribution in [-0.4, -0.2) is 39.9 Å². The highest BCUT2D eigenvalue weighted by Gasteiger charge is 2.63. The van der Waals surface area contributed by atoms with Crippen molar-refractivity contribution in [1.29, 1.82) is 0 Å². The molecule has 0 aromatic rings. The van der Waals surface area contributed by atoms with Gasteiger partial charge < -0.3 is 9.05 Å². The van der Waals surface area contributed by atoms with Crippen LogP contribution in [0.15, 0.2) is 0 Å². The molecule has 11 heteroatoms. The molecule has 0 saturated carbocycles. The van der Waals surface area contributed by atoms with Gasteiger partial charge in [0.15, 0.2) is 0 Å². The van der Waals surface area contributed by atoms with Crippen molar-refractivity contribution in [2.75, 3.05) is 20.3 Å². The van der Waals surface area contributed by atoms with Crippen molar-refractivity contribution in [3.63, 3.8) is 0 Å². The van der Waals surface area contributed by atoms with E-state index in [1.807, 2.05) is 0 Å². The maximum atomic E-state index is 13.6. The lowest BCUT2D eigenvalue weighted by atomic mass is 10.8. The standard InChI is InChI=1S/C7H14F3O6PS/c1-4-15-17(11,16-5-2)6(8)7(9,10)18(12,13)14-3/h6H,4-5H2,1-3H3. The van der Waals surface area contributed by atoms with Crippen LogP contribution < -0.4 is 0 Å². The average Bonchev–Trinajstić information content (AvgIpc) is 2.28. The van der Waals surface area contributed by atoms with E-state index >= 15 is 0 Å². The quantitative estimate of drug-likeness (QED) is 0.504. The van der Waals surface area contributed by atoms with Crippen LogP contribution in [-0.2, 0) is 27.9 Å². The fourth-order valence-corrected chi connectivity index (χ4v) is 3.60. The maximum absolute atomic E-state index is 13.6. The van der Waals surface area contributed by atoms with Gasteiger partial charge >= 0.3 is 23.0 Å². The SMILES string of the molecule is CCOP(=O)(OCC)C(F)C(F)(F)S(=O)(=O)OC. The van der Waals surface area contributed by atoms with Gasteiger partial charge in [0.1, 0.15) is 0 Å². The van der Waals surface area contributed by atoms with Crippen LogP contribution in [0, 0.1) is 0 Å². The Morgan fingerprint density at radius 1 is 1.22 bits per heavy atom. The van der Waals surface area contributed by atoms with Crippen LogP contribution in [0.3, 0.4) is 0 Å². The van der Waals surface area contributed by atoms with E-state index in [1.54, 1.807) is 0 Å². The van der Waals surface area contributed by atoms with Gasteiger partial charge in [-0.1, -0.05) is 0 Å². The molecule has 1 atom stereocenters. The molecule has 0 fully saturated rings. The van der Waals surface area contributed by atoms with Gasteiger partial charge in [0.2, 0.25) is 0 Å². The normalized spacial score (nSPS) is 15.7. The van der Waals surface area contributed by atoms with Crippen LogP contribution in [0.4, 0.5) is 13.2 Å². The molecule has 0 radical (unpaired) electrons. The molecule has 0 rings (SSSR count). The molecule has 6 nitrogen and oxygen atoms in total. The second-order valence-electron chi connectivity index (χ2n) is 2.89. The molecule has 18 heavy (non-hydrogen) atoms. The van der Waals surface area contributed by atoms with Gasteiger partial charge in [0, 0.05) is 0 Å². The Bertz CT molecular complexity index is 401. The topological polar surface area (TPSA) is 78.9 Å². The Kier molecular flexibility index (Phi) is 6.28. The predicted octanol–water partition coefficient (Wildman–Crippen LogP) is 2.12. The molecule has 0 spiro atoms. The van der Waals surface area contributed by atoms with Gasteiger partial charge in [0.05, 0.1) is 20.3 Å². The second-order valence-corrected chi connectivity index (χ2v) is 6.73. The third-order valence-corrected chi connectivity index (χ3v) is 5.33. The van der Waals surface area contributed by atoms with Crippen LogP contribution in [0.1, 0.15) is 13.8 Å². The third kappa shape index (κ3) is 3.45. The van der Waals surface area contributed by atoms with Crippen molar-refractivity contribution in [1.82, 2.24) is 0 Å². The predicted molar refractivity (Wildman–Crippen MR) is 56.6 cm³/mol. The van der Waals surface area contributed by atoms with Crippen molar-refractivity contribution < 1.29 is 39.4 Å². The summed E-state index contributed by atoms with van der Waals surface area (Å²) in [5.74, 6) is -3.67. The maximum Gasteiger partial charge on any atom is 0.411 e. The zero-order valence-corrected chi connectivity index (χ0v) is 11.6. The zero-order valence-electron chi connectivity index (χ0n) is 9.93. The Labute approximate surface area is 103 Å². The second kappa shape index (κ2) is 6.33. The molecule has 0 aliphatic rings. The van der Waals surface area contributed by atoms with E-state index in [-0.39, 0.29) is 13.2 Å². The zero-order chi connectivity index (χ0) is 14.6. The van der Waals surface area contributed by atoms with Crippen molar-refractivity contribution in [2.45, 2.75) is 25.0 Å². The van der Waals surface area contributed by atoms with Crippen LogP contribution in [0.5, 0.6) is 0 Å². The highest BCUT2D eigenvalue weighted by molar-refractivity contribution is 7.88. The van der Waals surface area contributed by atoms with Gasteiger partial charge in [-0.2, -0.15) is 17.2 Å². The van der Waals surface area contributed by atoms with E-state index in [9.17, 15) is 26.2 Å². The summed E-state index contributed by atoms with van der Waals surface area (Å²) in [4.78, 5) is 0. The van der Waals surface area contributed by atoms with Crippen molar-refractivity contribution in [3.8, 4) is 0 Å². The van der Waals surface area contributed by atoms with Crippen LogP contribution in [0.25, 0.3) is 0 Å². The number of halogens is 3. The molecular formula is C7H14F3O6PS. The van der Waals surface area contributed by atoms with E-state index in [2.05, 4.69) is 13.2 Å². The molecule has 0 aromatic heterocycles. The summed E-state index contributed by atoms with van der Waals surface area (Å²) in [6.45, 7) is 1.75. The van der Waals surface area contributed by atoms with E-state index < -0.39 is 28.9 Å². The first kappa shape index (κ1) is 17.8. The molecule has 0 aromatic carbocycles. The van der Waals surface area contributed by atoms with Crippen molar-refractivity contribution in [3.05, 3.63) is 0 Å². The smallest absolute Gasteiger partial charge is 0.307 e. The number of alkyl halides is 3. The highest BCUT2D eigenvalue weighted by Crippen LogP contribution is 2.59. The summed E-state index contributed by atoms with van der Waals surface area (Å²) in [6.07, 6.45) is 0. The monoisotopic (exact) mass is 314 g/mol. The fraction of sp³-hybridized carbons (Fsp3) is 1.00. The summed E-state index contributed by atoms with van der Waals surface area (Å²) in [5, 5.41) is -5.04. The largest absolute Gasteiger partial charge is 0.411 e. The number of rotatable bonds is 8. The summed E-state index contributed by atoms with van der Waals surface area (Å²) in [5.41, 5.74) is 0. The lowest BCUT2D eigenvalue weighted by Gasteiger charge is -2.25. The van der Waals surface area contributed by atoms with E-state index in [0.29, 0.717) is 7.11 Å². The van der Waals surface area contributed by atoms with Gasteiger partial charge in [-0.25, -0.2) is 4.39 Å². The van der Waals surface area contributed by atoms with Gasteiger partial charge in [0.25, 0.3) is 5.91 Å². The highest BCUT2D eigenvalue weighted by atomic mass is 32.2. The first-order valence-electron chi connectivity index (χ1n) is 4.79. The molecule has 0 saturated heterocycles. The van der Waals surface area contributed by atoms with Gasteiger partial charge in [-0.15, -0.1) is 0 Å². The van der Waals surface area contributed by atoms with Crippen LogP contribution in [0.2, 0.25) is 0 Å². The Morgan fingerprint density at radius 3 is 1.89 bits per heavy atom. The minimum Gasteiger partial charge on any atom is -0.307 e. The summed E-state index contributed by atoms with van der Waals surface area (Å²) < 4.78 is 85.8. The van der Waals surface area contributed by atoms with Crippen molar-refractivity contribution in [2.24, 2.45) is 0 Å². The molecule has 110 valence electrons. The molecule has 1 unspecified atom stereocenters. The Morgan fingerprint density at radius 2 is 1.61 bits per heavy atom. The number of hydrogen-bond acceptors (Lipinski definition) is 6. The summed E-state index contributed by atoms with van der Waals surface area (Å²) in [7, 11) is -10.0. The first-order valence-corrected chi connectivity index (χ1v) is 7.81. The molecule has 0 aliphatic heterocycles. The molecule has 0 heterocycles. The van der Waals surface area contributed by atoms with E-state index in [0.717, 1.165) is 0 Å². The minimum absolute atomic E-state index is 0.388. The molecule has 0 aliphatic carbocycles. The first-order chi connectivity index (χ1) is 8.09. The molecule has 0 amide bonds. The lowest BCUT2D eigenvalue weighted by Crippen LogP contribution is -2.40. The van der Waals surface area contributed by atoms with Crippen molar-refractivity contribution >= 4 is 17.7 Å². The average molecular weight is 314 g/mol. The molecule has 0 bridgehead atoms. The lowest BCUT2D eigenvalue weighted by molar-refractivity contribution is 0.0138. The fourth-order valence-electron chi connectivity index (χ4n) is 0.942. The number of hydrogen-bond donors (Lipinski definition) is 0. The third-order valence-electron chi connectivity index (χ3n) is 1.73. The van der Waals surface area contributed by atoms with Gasteiger partial charge in [-0.05, 0) is 13.8 Å². The molecule has 0 N–H and O–H groups in total. The summed E-state index contributed by atoms with van der Waals surface area (Å²) >= 11 is 0. The van der Waals surface area contributed by atoms with E-state index in [4.69, 9.17) is 0 Å². The van der Waals surface area contributed by atoms with E-state index in [1.165, 1.54) is 13.8 Å². The molecular weight excluding hydrogens is 300 g/mol.